The van der Waals surface area contributed by atoms with Gasteiger partial charge in [-0.1, -0.05) is 36.7 Å². The van der Waals surface area contributed by atoms with Gasteiger partial charge in [0.25, 0.3) is 0 Å². The van der Waals surface area contributed by atoms with E-state index in [9.17, 15) is 4.79 Å². The second-order valence-corrected chi connectivity index (χ2v) is 5.35. The third-order valence-electron chi connectivity index (χ3n) is 0. The third-order valence-corrected chi connectivity index (χ3v) is 0. The van der Waals surface area contributed by atoms with Crippen molar-refractivity contribution in [1.82, 2.24) is 0 Å². The molecule has 0 fully saturated rings. The largest absolute Gasteiger partial charge is 0.300 e. The molecule has 0 saturated carbocycles. The van der Waals surface area contributed by atoms with Crippen LogP contribution in [0, 0.1) is 0 Å². The molecule has 0 aromatic rings. The first-order valence-electron chi connectivity index (χ1n) is 2.89. The predicted octanol–water partition coefficient (Wildman–Crippen LogP) is 2.78. The van der Waals surface area contributed by atoms with E-state index in [-0.39, 0.29) is 5.78 Å². The Kier molecular flexibility index (Phi) is 6.57. The van der Waals surface area contributed by atoms with Gasteiger partial charge >= 0.3 is 0 Å². The van der Waals surface area contributed by atoms with Gasteiger partial charge in [0.1, 0.15) is 5.78 Å². The number of carbonyl (C=O) groups excluding carboxylic acids is 1. The highest BCUT2D eigenvalue weighted by molar-refractivity contribution is 9.10. The summed E-state index contributed by atoms with van der Waals surface area (Å²) < 4.78 is 0.312. The highest BCUT2D eigenvalue weighted by Crippen LogP contribution is 2.11. The summed E-state index contributed by atoms with van der Waals surface area (Å²) in [7, 11) is 0. The number of hydrogen-bond donors (Lipinski definition) is 0. The molecule has 0 heterocycles. The Bertz CT molecular complexity index is 71.4. The Labute approximate surface area is 66.0 Å². The first-order valence-corrected chi connectivity index (χ1v) is 3.69. The molecule has 0 amide bonds. The SMILES string of the molecule is CC(C)(C)Br.CC(C)=O. The van der Waals surface area contributed by atoms with Crippen molar-refractivity contribution >= 4 is 21.7 Å². The Morgan fingerprint density at radius 1 is 1.22 bits per heavy atom. The summed E-state index contributed by atoms with van der Waals surface area (Å²) in [5.74, 6) is 0.167. The van der Waals surface area contributed by atoms with Gasteiger partial charge in [0, 0.05) is 4.32 Å². The molecule has 0 atom stereocenters. The topological polar surface area (TPSA) is 17.1 Å². The van der Waals surface area contributed by atoms with E-state index in [4.69, 9.17) is 0 Å². The molecule has 0 saturated heterocycles. The number of hydrogen-bond acceptors (Lipinski definition) is 1. The van der Waals surface area contributed by atoms with Crippen LogP contribution in [0.15, 0.2) is 0 Å². The first-order chi connectivity index (χ1) is 3.73. The van der Waals surface area contributed by atoms with Crippen LogP contribution in [0.25, 0.3) is 0 Å². The number of rotatable bonds is 0. The average molecular weight is 195 g/mol. The fourth-order valence-corrected chi connectivity index (χ4v) is 0. The predicted molar refractivity (Wildman–Crippen MR) is 45.0 cm³/mol. The molecule has 0 unspecified atom stereocenters. The zero-order chi connectivity index (χ0) is 8.08. The first kappa shape index (κ1) is 11.9. The van der Waals surface area contributed by atoms with E-state index in [2.05, 4.69) is 36.7 Å². The molecule has 0 aromatic heterocycles. The van der Waals surface area contributed by atoms with Crippen LogP contribution in [0.4, 0.5) is 0 Å². The summed E-state index contributed by atoms with van der Waals surface area (Å²) in [5, 5.41) is 0. The lowest BCUT2D eigenvalue weighted by molar-refractivity contribution is -0.114. The number of Topliss-reactive ketones (excluding diaryl/α,β-unsaturated/α-hetero) is 1. The van der Waals surface area contributed by atoms with Crippen molar-refractivity contribution in [1.29, 1.82) is 0 Å². The molecular weight excluding hydrogens is 180 g/mol. The second-order valence-electron chi connectivity index (χ2n) is 2.98. The van der Waals surface area contributed by atoms with Crippen LogP contribution < -0.4 is 0 Å². The van der Waals surface area contributed by atoms with Gasteiger partial charge in [-0.25, -0.2) is 0 Å². The van der Waals surface area contributed by atoms with Gasteiger partial charge in [-0.2, -0.15) is 0 Å². The standard InChI is InChI=1S/C4H9Br.C3H6O/c1-4(2,3)5;1-3(2)4/h1-3H3;1-2H3. The molecule has 2 heteroatoms. The lowest BCUT2D eigenvalue weighted by Gasteiger charge is -2.02. The molecule has 0 spiro atoms. The summed E-state index contributed by atoms with van der Waals surface area (Å²) in [6, 6.07) is 0. The molecule has 0 aromatic carbocycles. The smallest absolute Gasteiger partial charge is 0.126 e. The molecule has 0 aliphatic heterocycles. The lowest BCUT2D eigenvalue weighted by Crippen LogP contribution is -1.97. The summed E-state index contributed by atoms with van der Waals surface area (Å²) >= 11 is 3.38. The normalized spacial score (nSPS) is 9.56. The number of halogens is 1. The Hall–Kier alpha value is 0.150. The van der Waals surface area contributed by atoms with Crippen molar-refractivity contribution in [3.8, 4) is 0 Å². The highest BCUT2D eigenvalue weighted by Gasteiger charge is 1.98. The minimum Gasteiger partial charge on any atom is -0.300 e. The molecule has 0 N–H and O–H groups in total. The van der Waals surface area contributed by atoms with E-state index in [1.807, 2.05) is 0 Å². The molecule has 56 valence electrons. The molecular formula is C7H15BrO. The average Bonchev–Trinajstić information content (AvgIpc) is 1.19. The second kappa shape index (κ2) is 4.98. The van der Waals surface area contributed by atoms with Crippen LogP contribution >= 0.6 is 15.9 Å². The molecule has 1 nitrogen and oxygen atoms in total. The monoisotopic (exact) mass is 194 g/mol. The summed E-state index contributed by atoms with van der Waals surface area (Å²) in [6.07, 6.45) is 0. The minimum absolute atomic E-state index is 0.167. The fourth-order valence-electron chi connectivity index (χ4n) is 0. The molecule has 0 radical (unpaired) electrons. The summed E-state index contributed by atoms with van der Waals surface area (Å²) in [4.78, 5) is 9.44. The van der Waals surface area contributed by atoms with Gasteiger partial charge in [0.05, 0.1) is 0 Å². The van der Waals surface area contributed by atoms with Crippen LogP contribution in [0.1, 0.15) is 34.6 Å². The van der Waals surface area contributed by atoms with Crippen LogP contribution in [0.3, 0.4) is 0 Å². The van der Waals surface area contributed by atoms with Crippen molar-refractivity contribution in [2.24, 2.45) is 0 Å². The Morgan fingerprint density at radius 3 is 1.22 bits per heavy atom. The quantitative estimate of drug-likeness (QED) is 0.543. The van der Waals surface area contributed by atoms with E-state index in [1.165, 1.54) is 13.8 Å². The number of carbonyl (C=O) groups is 1. The highest BCUT2D eigenvalue weighted by atomic mass is 79.9. The van der Waals surface area contributed by atoms with Gasteiger partial charge in [-0.05, 0) is 13.8 Å². The summed E-state index contributed by atoms with van der Waals surface area (Å²) in [5.41, 5.74) is 0. The van der Waals surface area contributed by atoms with Gasteiger partial charge < -0.3 is 4.79 Å². The molecule has 0 bridgehead atoms. The van der Waals surface area contributed by atoms with E-state index in [0.29, 0.717) is 4.32 Å². The van der Waals surface area contributed by atoms with Crippen molar-refractivity contribution in [3.63, 3.8) is 0 Å². The van der Waals surface area contributed by atoms with Crippen molar-refractivity contribution < 1.29 is 4.79 Å². The molecule has 9 heavy (non-hydrogen) atoms. The Morgan fingerprint density at radius 2 is 1.22 bits per heavy atom. The zero-order valence-corrected chi connectivity index (χ0v) is 8.37. The molecule has 0 aliphatic rings. The Balaban J connectivity index is 0. The molecule has 0 rings (SSSR count). The number of ketones is 1. The van der Waals surface area contributed by atoms with Crippen LogP contribution in [-0.4, -0.2) is 10.1 Å². The maximum Gasteiger partial charge on any atom is 0.126 e. The maximum absolute atomic E-state index is 9.44. The zero-order valence-electron chi connectivity index (χ0n) is 6.79. The van der Waals surface area contributed by atoms with Crippen molar-refractivity contribution in [2.45, 2.75) is 38.9 Å². The maximum atomic E-state index is 9.44. The van der Waals surface area contributed by atoms with E-state index < -0.39 is 0 Å². The van der Waals surface area contributed by atoms with Crippen molar-refractivity contribution in [3.05, 3.63) is 0 Å². The minimum atomic E-state index is 0.167. The van der Waals surface area contributed by atoms with E-state index >= 15 is 0 Å². The van der Waals surface area contributed by atoms with Gasteiger partial charge in [0.15, 0.2) is 0 Å². The van der Waals surface area contributed by atoms with Gasteiger partial charge in [0.2, 0.25) is 0 Å². The number of alkyl halides is 1. The summed E-state index contributed by atoms with van der Waals surface area (Å²) in [6.45, 7) is 9.37. The van der Waals surface area contributed by atoms with Crippen molar-refractivity contribution in [2.75, 3.05) is 0 Å². The van der Waals surface area contributed by atoms with Crippen LogP contribution in [-0.2, 0) is 4.79 Å². The molecule has 0 aliphatic carbocycles. The lowest BCUT2D eigenvalue weighted by atomic mass is 10.3. The van der Waals surface area contributed by atoms with Gasteiger partial charge in [-0.15, -0.1) is 0 Å². The van der Waals surface area contributed by atoms with Crippen LogP contribution in [0.2, 0.25) is 0 Å². The van der Waals surface area contributed by atoms with Crippen LogP contribution in [0.5, 0.6) is 0 Å². The van der Waals surface area contributed by atoms with E-state index in [1.54, 1.807) is 0 Å². The fraction of sp³-hybridized carbons (Fsp3) is 0.857. The van der Waals surface area contributed by atoms with Gasteiger partial charge in [-0.3, -0.25) is 0 Å². The third kappa shape index (κ3) is 13700. The van der Waals surface area contributed by atoms with E-state index in [0.717, 1.165) is 0 Å².